The zero-order chi connectivity index (χ0) is 10.0. The normalized spacial score (nSPS) is 26.0. The van der Waals surface area contributed by atoms with Crippen LogP contribution in [0, 0.1) is 11.3 Å². The average molecular weight is 225 g/mol. The standard InChI is InChI=1S/C10H9ClN2S/c11-9-6-13-4-2-8(9)10(7-12)3-1-5-14-10/h2,4,6H,1,3,5H2. The van der Waals surface area contributed by atoms with Gasteiger partial charge in [0.15, 0.2) is 0 Å². The lowest BCUT2D eigenvalue weighted by Crippen LogP contribution is -2.15. The van der Waals surface area contributed by atoms with Gasteiger partial charge in [0.2, 0.25) is 0 Å². The molecule has 2 rings (SSSR count). The van der Waals surface area contributed by atoms with Crippen molar-refractivity contribution in [1.29, 1.82) is 5.26 Å². The van der Waals surface area contributed by atoms with Crippen molar-refractivity contribution in [2.45, 2.75) is 17.6 Å². The van der Waals surface area contributed by atoms with E-state index < -0.39 is 4.75 Å². The van der Waals surface area contributed by atoms with Crippen LogP contribution in [-0.4, -0.2) is 10.7 Å². The predicted molar refractivity (Wildman–Crippen MR) is 58.2 cm³/mol. The largest absolute Gasteiger partial charge is 0.263 e. The molecule has 2 nitrogen and oxygen atoms in total. The van der Waals surface area contributed by atoms with E-state index in [2.05, 4.69) is 11.1 Å². The van der Waals surface area contributed by atoms with Crippen molar-refractivity contribution >= 4 is 23.4 Å². The van der Waals surface area contributed by atoms with Gasteiger partial charge in [0.25, 0.3) is 0 Å². The molecule has 0 saturated carbocycles. The van der Waals surface area contributed by atoms with E-state index in [0.29, 0.717) is 5.02 Å². The fourth-order valence-electron chi connectivity index (χ4n) is 1.70. The molecule has 4 heteroatoms. The Hall–Kier alpha value is -0.720. The monoisotopic (exact) mass is 224 g/mol. The maximum Gasteiger partial charge on any atom is 0.129 e. The van der Waals surface area contributed by atoms with Crippen LogP contribution in [0.4, 0.5) is 0 Å². The second kappa shape index (κ2) is 3.80. The van der Waals surface area contributed by atoms with Crippen molar-refractivity contribution in [3.05, 3.63) is 29.0 Å². The molecule has 1 aliphatic heterocycles. The van der Waals surface area contributed by atoms with Gasteiger partial charge < -0.3 is 0 Å². The van der Waals surface area contributed by atoms with Crippen LogP contribution in [0.5, 0.6) is 0 Å². The molecule has 0 amide bonds. The molecule has 72 valence electrons. The van der Waals surface area contributed by atoms with Crippen LogP contribution in [0.15, 0.2) is 18.5 Å². The molecule has 1 aliphatic rings. The van der Waals surface area contributed by atoms with E-state index in [1.807, 2.05) is 6.07 Å². The van der Waals surface area contributed by atoms with Crippen LogP contribution in [0.2, 0.25) is 5.02 Å². The van der Waals surface area contributed by atoms with Crippen molar-refractivity contribution in [1.82, 2.24) is 4.98 Å². The summed E-state index contributed by atoms with van der Waals surface area (Å²) in [6, 6.07) is 4.24. The number of thioether (sulfide) groups is 1. The topological polar surface area (TPSA) is 36.7 Å². The van der Waals surface area contributed by atoms with Crippen LogP contribution in [0.25, 0.3) is 0 Å². The molecule has 0 radical (unpaired) electrons. The lowest BCUT2D eigenvalue weighted by Gasteiger charge is -2.20. The van der Waals surface area contributed by atoms with Gasteiger partial charge in [-0.05, 0) is 24.7 Å². The van der Waals surface area contributed by atoms with E-state index in [1.54, 1.807) is 24.2 Å². The summed E-state index contributed by atoms with van der Waals surface area (Å²) in [6.45, 7) is 0. The van der Waals surface area contributed by atoms with Gasteiger partial charge in [0, 0.05) is 18.0 Å². The minimum absolute atomic E-state index is 0.431. The summed E-state index contributed by atoms with van der Waals surface area (Å²) in [6.07, 6.45) is 5.27. The number of nitrogens with zero attached hydrogens (tertiary/aromatic N) is 2. The number of pyridine rings is 1. The molecule has 1 fully saturated rings. The number of hydrogen-bond donors (Lipinski definition) is 0. The van der Waals surface area contributed by atoms with Gasteiger partial charge in [0.05, 0.1) is 11.1 Å². The predicted octanol–water partition coefficient (Wildman–Crippen LogP) is 2.98. The summed E-state index contributed by atoms with van der Waals surface area (Å²) >= 11 is 7.73. The van der Waals surface area contributed by atoms with E-state index in [-0.39, 0.29) is 0 Å². The molecular weight excluding hydrogens is 216 g/mol. The Labute approximate surface area is 92.3 Å². The van der Waals surface area contributed by atoms with Gasteiger partial charge >= 0.3 is 0 Å². The number of halogens is 1. The number of aromatic nitrogens is 1. The number of hydrogen-bond acceptors (Lipinski definition) is 3. The second-order valence-corrected chi connectivity index (χ2v) is 5.05. The number of nitriles is 1. The molecule has 0 bridgehead atoms. The third-order valence-corrected chi connectivity index (χ3v) is 4.21. The number of rotatable bonds is 1. The van der Waals surface area contributed by atoms with Gasteiger partial charge in [-0.25, -0.2) is 0 Å². The fourth-order valence-corrected chi connectivity index (χ4v) is 3.36. The molecule has 0 N–H and O–H groups in total. The van der Waals surface area contributed by atoms with Crippen molar-refractivity contribution in [2.24, 2.45) is 0 Å². The van der Waals surface area contributed by atoms with Crippen molar-refractivity contribution in [3.8, 4) is 6.07 Å². The van der Waals surface area contributed by atoms with Crippen molar-refractivity contribution in [3.63, 3.8) is 0 Å². The first-order valence-electron chi connectivity index (χ1n) is 4.44. The minimum atomic E-state index is -0.431. The zero-order valence-electron chi connectivity index (χ0n) is 7.53. The Morgan fingerprint density at radius 3 is 3.07 bits per heavy atom. The maximum absolute atomic E-state index is 9.24. The smallest absolute Gasteiger partial charge is 0.129 e. The van der Waals surface area contributed by atoms with E-state index in [4.69, 9.17) is 11.6 Å². The Morgan fingerprint density at radius 1 is 1.64 bits per heavy atom. The summed E-state index contributed by atoms with van der Waals surface area (Å²) in [7, 11) is 0. The van der Waals surface area contributed by atoms with Crippen molar-refractivity contribution < 1.29 is 0 Å². The van der Waals surface area contributed by atoms with E-state index >= 15 is 0 Å². The average Bonchev–Trinajstić information content (AvgIpc) is 2.68. The van der Waals surface area contributed by atoms with Crippen LogP contribution in [-0.2, 0) is 4.75 Å². The highest BCUT2D eigenvalue weighted by Crippen LogP contribution is 2.47. The third-order valence-electron chi connectivity index (χ3n) is 2.41. The summed E-state index contributed by atoms with van der Waals surface area (Å²) in [5, 5.41) is 9.84. The van der Waals surface area contributed by atoms with Crippen LogP contribution in [0.1, 0.15) is 18.4 Å². The molecule has 14 heavy (non-hydrogen) atoms. The first-order chi connectivity index (χ1) is 6.78. The molecule has 1 atom stereocenters. The van der Waals surface area contributed by atoms with E-state index in [1.165, 1.54) is 0 Å². The van der Waals surface area contributed by atoms with Gasteiger partial charge in [-0.2, -0.15) is 5.26 Å². The third kappa shape index (κ3) is 1.49. The zero-order valence-corrected chi connectivity index (χ0v) is 9.11. The first kappa shape index (κ1) is 9.82. The SMILES string of the molecule is N#CC1(c2ccncc2Cl)CCCS1. The molecule has 1 unspecified atom stereocenters. The summed E-state index contributed by atoms with van der Waals surface area (Å²) in [4.78, 5) is 3.93. The Kier molecular flexibility index (Phi) is 2.66. The lowest BCUT2D eigenvalue weighted by atomic mass is 9.96. The highest BCUT2D eigenvalue weighted by molar-refractivity contribution is 8.00. The molecule has 0 spiro atoms. The summed E-state index contributed by atoms with van der Waals surface area (Å²) in [5.41, 5.74) is 0.916. The molecule has 1 saturated heterocycles. The molecule has 1 aromatic rings. The van der Waals surface area contributed by atoms with Gasteiger partial charge in [0.1, 0.15) is 4.75 Å². The second-order valence-electron chi connectivity index (χ2n) is 3.25. The first-order valence-corrected chi connectivity index (χ1v) is 5.80. The van der Waals surface area contributed by atoms with Gasteiger partial charge in [-0.3, -0.25) is 4.98 Å². The highest BCUT2D eigenvalue weighted by Gasteiger charge is 2.38. The Morgan fingerprint density at radius 2 is 2.50 bits per heavy atom. The highest BCUT2D eigenvalue weighted by atomic mass is 35.5. The van der Waals surface area contributed by atoms with Gasteiger partial charge in [-0.1, -0.05) is 11.6 Å². The van der Waals surface area contributed by atoms with Crippen molar-refractivity contribution in [2.75, 3.05) is 5.75 Å². The molecule has 1 aromatic heterocycles. The molecule has 2 heterocycles. The molecular formula is C10H9ClN2S. The Balaban J connectivity index is 2.47. The maximum atomic E-state index is 9.24. The van der Waals surface area contributed by atoms with Gasteiger partial charge in [-0.15, -0.1) is 11.8 Å². The molecule has 0 aromatic carbocycles. The van der Waals surface area contributed by atoms with Crippen LogP contribution >= 0.6 is 23.4 Å². The lowest BCUT2D eigenvalue weighted by molar-refractivity contribution is 0.719. The van der Waals surface area contributed by atoms with E-state index in [0.717, 1.165) is 24.2 Å². The summed E-state index contributed by atoms with van der Waals surface area (Å²) in [5.74, 6) is 1.03. The van der Waals surface area contributed by atoms with E-state index in [9.17, 15) is 5.26 Å². The fraction of sp³-hybridized carbons (Fsp3) is 0.400. The molecule has 0 aliphatic carbocycles. The van der Waals surface area contributed by atoms with Crippen LogP contribution < -0.4 is 0 Å². The van der Waals surface area contributed by atoms with Crippen LogP contribution in [0.3, 0.4) is 0 Å². The minimum Gasteiger partial charge on any atom is -0.263 e. The Bertz CT molecular complexity index is 380. The quantitative estimate of drug-likeness (QED) is 0.736. The summed E-state index contributed by atoms with van der Waals surface area (Å²) < 4.78 is -0.431.